The highest BCUT2D eigenvalue weighted by molar-refractivity contribution is 8.00. The number of rotatable bonds is 5. The van der Waals surface area contributed by atoms with E-state index in [1.54, 1.807) is 24.3 Å². The van der Waals surface area contributed by atoms with Gasteiger partial charge >= 0.3 is 0 Å². The van der Waals surface area contributed by atoms with Crippen LogP contribution in [0.25, 0.3) is 21.3 Å². The van der Waals surface area contributed by atoms with Gasteiger partial charge in [-0.25, -0.2) is 9.97 Å². The molecule has 1 aromatic carbocycles. The van der Waals surface area contributed by atoms with Gasteiger partial charge < -0.3 is 9.84 Å². The highest BCUT2D eigenvalue weighted by Crippen LogP contribution is 2.37. The van der Waals surface area contributed by atoms with E-state index >= 15 is 0 Å². The molecule has 0 radical (unpaired) electrons. The summed E-state index contributed by atoms with van der Waals surface area (Å²) in [6.45, 7) is 1.77. The number of aromatic nitrogens is 3. The fourth-order valence-electron chi connectivity index (χ4n) is 2.53. The van der Waals surface area contributed by atoms with Crippen molar-refractivity contribution in [1.29, 1.82) is 0 Å². The van der Waals surface area contributed by atoms with Crippen molar-refractivity contribution in [3.05, 3.63) is 53.9 Å². The first kappa shape index (κ1) is 16.7. The average Bonchev–Trinajstić information content (AvgIpc) is 3.27. The molecular formula is C18H14N4O2S2. The molecule has 0 aliphatic heterocycles. The van der Waals surface area contributed by atoms with Crippen molar-refractivity contribution in [3.8, 4) is 11.1 Å². The van der Waals surface area contributed by atoms with Gasteiger partial charge in [-0.05, 0) is 12.5 Å². The Kier molecular flexibility index (Phi) is 4.68. The lowest BCUT2D eigenvalue weighted by molar-refractivity contribution is -0.113. The second-order valence-electron chi connectivity index (χ2n) is 5.53. The Bertz CT molecular complexity index is 1060. The van der Waals surface area contributed by atoms with Crippen LogP contribution in [0.15, 0.2) is 57.7 Å². The number of aryl methyl sites for hydroxylation is 1. The molecule has 1 N–H and O–H groups in total. The van der Waals surface area contributed by atoms with Crippen LogP contribution < -0.4 is 5.32 Å². The number of nitrogens with one attached hydrogen (secondary N) is 1. The molecule has 4 rings (SSSR count). The van der Waals surface area contributed by atoms with Crippen molar-refractivity contribution in [2.75, 3.05) is 11.1 Å². The zero-order valence-electron chi connectivity index (χ0n) is 13.8. The SMILES string of the molecule is Cc1cc(NC(=O)CSc2ncnc3scc(-c4ccccc4)c23)no1. The summed E-state index contributed by atoms with van der Waals surface area (Å²) in [6.07, 6.45) is 1.54. The van der Waals surface area contributed by atoms with E-state index in [4.69, 9.17) is 4.52 Å². The summed E-state index contributed by atoms with van der Waals surface area (Å²) in [5.74, 6) is 1.13. The Balaban J connectivity index is 1.56. The van der Waals surface area contributed by atoms with Gasteiger partial charge in [-0.15, -0.1) is 11.3 Å². The highest BCUT2D eigenvalue weighted by atomic mass is 32.2. The zero-order chi connectivity index (χ0) is 17.9. The maximum absolute atomic E-state index is 12.2. The maximum atomic E-state index is 12.2. The van der Waals surface area contributed by atoms with Crippen LogP contribution in [0.1, 0.15) is 5.76 Å². The summed E-state index contributed by atoms with van der Waals surface area (Å²) in [6, 6.07) is 11.8. The second-order valence-corrected chi connectivity index (χ2v) is 7.36. The molecule has 0 aliphatic rings. The molecule has 0 atom stereocenters. The van der Waals surface area contributed by atoms with E-state index in [0.29, 0.717) is 11.6 Å². The predicted molar refractivity (Wildman–Crippen MR) is 103 cm³/mol. The molecule has 0 fully saturated rings. The molecule has 0 unspecified atom stereocenters. The molecule has 0 saturated carbocycles. The first-order chi connectivity index (χ1) is 12.7. The molecule has 1 amide bonds. The van der Waals surface area contributed by atoms with Crippen molar-refractivity contribution in [2.45, 2.75) is 11.9 Å². The Morgan fingerprint density at radius 2 is 2.12 bits per heavy atom. The van der Waals surface area contributed by atoms with Crippen LogP contribution in [0, 0.1) is 6.92 Å². The van der Waals surface area contributed by atoms with Gasteiger partial charge in [0.25, 0.3) is 0 Å². The zero-order valence-corrected chi connectivity index (χ0v) is 15.4. The third-order valence-corrected chi connectivity index (χ3v) is 5.53. The number of thioether (sulfide) groups is 1. The van der Waals surface area contributed by atoms with Gasteiger partial charge in [0.15, 0.2) is 5.82 Å². The first-order valence-corrected chi connectivity index (χ1v) is 9.71. The van der Waals surface area contributed by atoms with Crippen LogP contribution in [0.3, 0.4) is 0 Å². The molecule has 130 valence electrons. The first-order valence-electron chi connectivity index (χ1n) is 7.84. The van der Waals surface area contributed by atoms with E-state index < -0.39 is 0 Å². The fraction of sp³-hybridized carbons (Fsp3) is 0.111. The molecular weight excluding hydrogens is 368 g/mol. The normalized spacial score (nSPS) is 11.0. The number of carbonyl (C=O) groups excluding carboxylic acids is 1. The molecule has 0 bridgehead atoms. The van der Waals surface area contributed by atoms with E-state index in [1.807, 2.05) is 18.2 Å². The molecule has 3 heterocycles. The number of benzene rings is 1. The van der Waals surface area contributed by atoms with Crippen LogP contribution in [0.5, 0.6) is 0 Å². The number of amides is 1. The van der Waals surface area contributed by atoms with Crippen molar-refractivity contribution >= 4 is 45.0 Å². The Hall–Kier alpha value is -2.71. The number of hydrogen-bond acceptors (Lipinski definition) is 7. The number of carbonyl (C=O) groups is 1. The van der Waals surface area contributed by atoms with Crippen LogP contribution in [0.4, 0.5) is 5.82 Å². The lowest BCUT2D eigenvalue weighted by Crippen LogP contribution is -2.14. The molecule has 3 aromatic heterocycles. The van der Waals surface area contributed by atoms with E-state index in [9.17, 15) is 4.79 Å². The summed E-state index contributed by atoms with van der Waals surface area (Å²) in [7, 11) is 0. The van der Waals surface area contributed by atoms with Gasteiger partial charge in [0.05, 0.1) is 11.1 Å². The minimum atomic E-state index is -0.161. The maximum Gasteiger partial charge on any atom is 0.236 e. The smallest absolute Gasteiger partial charge is 0.236 e. The van der Waals surface area contributed by atoms with E-state index in [-0.39, 0.29) is 11.7 Å². The van der Waals surface area contributed by atoms with Crippen molar-refractivity contribution in [2.24, 2.45) is 0 Å². The fourth-order valence-corrected chi connectivity index (χ4v) is 4.32. The number of thiophene rings is 1. The summed E-state index contributed by atoms with van der Waals surface area (Å²) in [5, 5.41) is 10.3. The molecule has 0 saturated heterocycles. The molecule has 6 nitrogen and oxygen atoms in total. The van der Waals surface area contributed by atoms with Gasteiger partial charge in [-0.2, -0.15) is 0 Å². The summed E-state index contributed by atoms with van der Waals surface area (Å²) >= 11 is 2.96. The van der Waals surface area contributed by atoms with Gasteiger partial charge in [-0.3, -0.25) is 4.79 Å². The molecule has 4 aromatic rings. The van der Waals surface area contributed by atoms with Gasteiger partial charge in [0.1, 0.15) is 21.9 Å². The molecule has 0 aliphatic carbocycles. The average molecular weight is 382 g/mol. The monoisotopic (exact) mass is 382 g/mol. The van der Waals surface area contributed by atoms with Crippen molar-refractivity contribution in [1.82, 2.24) is 15.1 Å². The van der Waals surface area contributed by atoms with Gasteiger partial charge in [0.2, 0.25) is 5.91 Å². The Labute approximate surface area is 157 Å². The van der Waals surface area contributed by atoms with Crippen molar-refractivity contribution < 1.29 is 9.32 Å². The third kappa shape index (κ3) is 3.47. The largest absolute Gasteiger partial charge is 0.360 e. The number of anilines is 1. The summed E-state index contributed by atoms with van der Waals surface area (Å²) < 4.78 is 4.95. The topological polar surface area (TPSA) is 80.9 Å². The minimum absolute atomic E-state index is 0.161. The van der Waals surface area contributed by atoms with Crippen LogP contribution in [0.2, 0.25) is 0 Å². The number of nitrogens with zero attached hydrogens (tertiary/aromatic N) is 3. The lowest BCUT2D eigenvalue weighted by atomic mass is 10.1. The minimum Gasteiger partial charge on any atom is -0.360 e. The Morgan fingerprint density at radius 3 is 2.88 bits per heavy atom. The Morgan fingerprint density at radius 1 is 1.27 bits per heavy atom. The number of fused-ring (bicyclic) bond motifs is 1. The summed E-state index contributed by atoms with van der Waals surface area (Å²) in [4.78, 5) is 21.8. The van der Waals surface area contributed by atoms with Crippen LogP contribution in [-0.4, -0.2) is 26.8 Å². The highest BCUT2D eigenvalue weighted by Gasteiger charge is 2.15. The predicted octanol–water partition coefficient (Wildman–Crippen LogP) is 4.39. The van der Waals surface area contributed by atoms with Gasteiger partial charge in [0, 0.05) is 17.0 Å². The summed E-state index contributed by atoms with van der Waals surface area (Å²) in [5.41, 5.74) is 2.19. The van der Waals surface area contributed by atoms with E-state index in [0.717, 1.165) is 26.4 Å². The number of hydrogen-bond donors (Lipinski definition) is 1. The molecule has 26 heavy (non-hydrogen) atoms. The van der Waals surface area contributed by atoms with E-state index in [1.165, 1.54) is 18.1 Å². The molecule has 0 spiro atoms. The van der Waals surface area contributed by atoms with Gasteiger partial charge in [-0.1, -0.05) is 47.3 Å². The van der Waals surface area contributed by atoms with E-state index in [2.05, 4.69) is 38.0 Å². The quantitative estimate of drug-likeness (QED) is 0.407. The van der Waals surface area contributed by atoms with Crippen molar-refractivity contribution in [3.63, 3.8) is 0 Å². The second kappa shape index (κ2) is 7.27. The third-order valence-electron chi connectivity index (χ3n) is 3.66. The van der Waals surface area contributed by atoms with Crippen LogP contribution in [-0.2, 0) is 4.79 Å². The standard InChI is InChI=1S/C18H14N4O2S2/c1-11-7-14(22-24-11)21-15(23)9-26-18-16-13(12-5-3-2-4-6-12)8-25-17(16)19-10-20-18/h2-8,10H,9H2,1H3,(H,21,22,23). The molecule has 8 heteroatoms. The van der Waals surface area contributed by atoms with Crippen LogP contribution >= 0.6 is 23.1 Å². The lowest BCUT2D eigenvalue weighted by Gasteiger charge is -2.05.